The molecule has 0 aliphatic heterocycles. The molecule has 4 aromatic carbocycles. The largest absolute Gasteiger partial charge is 0.489 e. The SMILES string of the molecule is Clc1ccccc1COc1ccc(C=Nn2nnnc2Nc2cccc3ccccc23)cc1. The average molecular weight is 455 g/mol. The second kappa shape index (κ2) is 9.50. The summed E-state index contributed by atoms with van der Waals surface area (Å²) in [5, 5.41) is 22.3. The van der Waals surface area contributed by atoms with Gasteiger partial charge in [0.2, 0.25) is 0 Å². The Hall–Kier alpha value is -4.23. The molecule has 8 heteroatoms. The Morgan fingerprint density at radius 2 is 1.70 bits per heavy atom. The molecule has 33 heavy (non-hydrogen) atoms. The van der Waals surface area contributed by atoms with Gasteiger partial charge in [-0.05, 0) is 57.8 Å². The number of ether oxygens (including phenoxy) is 1. The fourth-order valence-electron chi connectivity index (χ4n) is 3.34. The molecule has 5 rings (SSSR count). The van der Waals surface area contributed by atoms with E-state index in [-0.39, 0.29) is 0 Å². The molecule has 0 radical (unpaired) electrons. The lowest BCUT2D eigenvalue weighted by molar-refractivity contribution is 0.306. The van der Waals surface area contributed by atoms with E-state index >= 15 is 0 Å². The van der Waals surface area contributed by atoms with Gasteiger partial charge in [-0.3, -0.25) is 0 Å². The monoisotopic (exact) mass is 454 g/mol. The van der Waals surface area contributed by atoms with Crippen LogP contribution in [0.25, 0.3) is 10.8 Å². The maximum absolute atomic E-state index is 6.18. The number of nitrogens with zero attached hydrogens (tertiary/aromatic N) is 5. The van der Waals surface area contributed by atoms with E-state index in [0.717, 1.165) is 33.3 Å². The van der Waals surface area contributed by atoms with Crippen molar-refractivity contribution < 1.29 is 4.74 Å². The van der Waals surface area contributed by atoms with E-state index in [4.69, 9.17) is 16.3 Å². The molecular weight excluding hydrogens is 436 g/mol. The summed E-state index contributed by atoms with van der Waals surface area (Å²) in [6, 6.07) is 29.3. The molecule has 0 unspecified atom stereocenters. The molecule has 0 spiro atoms. The summed E-state index contributed by atoms with van der Waals surface area (Å²) in [4.78, 5) is 1.35. The van der Waals surface area contributed by atoms with Crippen molar-refractivity contribution in [2.24, 2.45) is 5.10 Å². The van der Waals surface area contributed by atoms with Crippen LogP contribution in [0, 0.1) is 0 Å². The standard InChI is InChI=1S/C25H19ClN6O/c26-23-10-4-2-7-20(23)17-33-21-14-12-18(13-15-21)16-27-32-25(29-30-31-32)28-24-11-5-8-19-6-1-3-9-22(19)24/h1-16H,17H2,(H,28,29,31). The summed E-state index contributed by atoms with van der Waals surface area (Å²) in [5.74, 6) is 1.16. The van der Waals surface area contributed by atoms with E-state index in [2.05, 4.69) is 38.1 Å². The molecule has 0 saturated heterocycles. The number of hydrogen-bond donors (Lipinski definition) is 1. The third-order valence-electron chi connectivity index (χ3n) is 5.04. The first-order valence-corrected chi connectivity index (χ1v) is 10.7. The van der Waals surface area contributed by atoms with Gasteiger partial charge in [0.05, 0.1) is 6.21 Å². The minimum absolute atomic E-state index is 0.404. The molecule has 0 aliphatic carbocycles. The summed E-state index contributed by atoms with van der Waals surface area (Å²) in [6.07, 6.45) is 1.68. The second-order valence-electron chi connectivity index (χ2n) is 7.24. The Bertz CT molecular complexity index is 1410. The smallest absolute Gasteiger partial charge is 0.269 e. The fraction of sp³-hybridized carbons (Fsp3) is 0.0400. The van der Waals surface area contributed by atoms with Crippen molar-refractivity contribution in [2.75, 3.05) is 5.32 Å². The van der Waals surface area contributed by atoms with E-state index in [1.807, 2.05) is 78.9 Å². The van der Waals surface area contributed by atoms with Crippen molar-refractivity contribution in [1.29, 1.82) is 0 Å². The Kier molecular flexibility index (Phi) is 5.95. The Labute approximate surface area is 195 Å². The second-order valence-corrected chi connectivity index (χ2v) is 7.64. The number of rotatable bonds is 7. The molecule has 0 bridgehead atoms. The van der Waals surface area contributed by atoms with Crippen molar-refractivity contribution in [1.82, 2.24) is 20.3 Å². The molecule has 1 N–H and O–H groups in total. The van der Waals surface area contributed by atoms with Gasteiger partial charge in [-0.1, -0.05) is 76.1 Å². The van der Waals surface area contributed by atoms with E-state index in [0.29, 0.717) is 17.6 Å². The van der Waals surface area contributed by atoms with Gasteiger partial charge >= 0.3 is 0 Å². The molecule has 162 valence electrons. The number of tetrazole rings is 1. The summed E-state index contributed by atoms with van der Waals surface area (Å²) in [5.41, 5.74) is 2.72. The molecule has 0 amide bonds. The Balaban J connectivity index is 1.27. The first-order chi connectivity index (χ1) is 16.3. The number of benzene rings is 4. The van der Waals surface area contributed by atoms with Crippen LogP contribution in [0.15, 0.2) is 96.1 Å². The van der Waals surface area contributed by atoms with Gasteiger partial charge in [-0.15, -0.1) is 0 Å². The van der Waals surface area contributed by atoms with Crippen LogP contribution >= 0.6 is 11.6 Å². The zero-order valence-electron chi connectivity index (χ0n) is 17.5. The van der Waals surface area contributed by atoms with Gasteiger partial charge < -0.3 is 10.1 Å². The minimum Gasteiger partial charge on any atom is -0.489 e. The molecular formula is C25H19ClN6O. The van der Waals surface area contributed by atoms with E-state index < -0.39 is 0 Å². The van der Waals surface area contributed by atoms with Crippen molar-refractivity contribution in [3.63, 3.8) is 0 Å². The van der Waals surface area contributed by atoms with Crippen molar-refractivity contribution in [2.45, 2.75) is 6.61 Å². The summed E-state index contributed by atoms with van der Waals surface area (Å²) < 4.78 is 5.82. The quantitative estimate of drug-likeness (QED) is 0.320. The molecule has 7 nitrogen and oxygen atoms in total. The van der Waals surface area contributed by atoms with Crippen LogP contribution in [0.5, 0.6) is 5.75 Å². The number of nitrogens with one attached hydrogen (secondary N) is 1. The van der Waals surface area contributed by atoms with E-state index in [9.17, 15) is 0 Å². The van der Waals surface area contributed by atoms with Gasteiger partial charge in [0, 0.05) is 21.7 Å². The van der Waals surface area contributed by atoms with Crippen LogP contribution in [0.2, 0.25) is 5.02 Å². The Morgan fingerprint density at radius 1 is 0.909 bits per heavy atom. The maximum atomic E-state index is 6.18. The topological polar surface area (TPSA) is 77.2 Å². The van der Waals surface area contributed by atoms with Crippen LogP contribution in [-0.2, 0) is 6.61 Å². The lowest BCUT2D eigenvalue weighted by atomic mass is 10.1. The lowest BCUT2D eigenvalue weighted by Gasteiger charge is -2.08. The highest BCUT2D eigenvalue weighted by Crippen LogP contribution is 2.25. The highest BCUT2D eigenvalue weighted by molar-refractivity contribution is 6.31. The maximum Gasteiger partial charge on any atom is 0.269 e. The predicted molar refractivity (Wildman–Crippen MR) is 130 cm³/mol. The average Bonchev–Trinajstić information content (AvgIpc) is 3.30. The summed E-state index contributed by atoms with van der Waals surface area (Å²) >= 11 is 6.18. The number of aromatic nitrogens is 4. The van der Waals surface area contributed by atoms with Gasteiger partial charge in [-0.2, -0.15) is 5.10 Å². The molecule has 0 atom stereocenters. The predicted octanol–water partition coefficient (Wildman–Crippen LogP) is 5.68. The number of fused-ring (bicyclic) bond motifs is 1. The zero-order valence-corrected chi connectivity index (χ0v) is 18.2. The summed E-state index contributed by atoms with van der Waals surface area (Å²) in [7, 11) is 0. The Morgan fingerprint density at radius 3 is 2.58 bits per heavy atom. The minimum atomic E-state index is 0.404. The number of anilines is 2. The van der Waals surface area contributed by atoms with Gasteiger partial charge in [0.15, 0.2) is 0 Å². The van der Waals surface area contributed by atoms with Crippen LogP contribution in [0.4, 0.5) is 11.6 Å². The van der Waals surface area contributed by atoms with Crippen LogP contribution < -0.4 is 10.1 Å². The van der Waals surface area contributed by atoms with Gasteiger partial charge in [-0.25, -0.2) is 0 Å². The molecule has 5 aromatic rings. The molecule has 0 saturated carbocycles. The van der Waals surface area contributed by atoms with Crippen molar-refractivity contribution >= 4 is 40.2 Å². The van der Waals surface area contributed by atoms with Gasteiger partial charge in [0.1, 0.15) is 12.4 Å². The first kappa shape index (κ1) is 20.7. The summed E-state index contributed by atoms with van der Waals surface area (Å²) in [6.45, 7) is 0.404. The van der Waals surface area contributed by atoms with Crippen LogP contribution in [0.1, 0.15) is 11.1 Å². The normalized spacial score (nSPS) is 11.2. The number of hydrogen-bond acceptors (Lipinski definition) is 6. The first-order valence-electron chi connectivity index (χ1n) is 10.3. The lowest BCUT2D eigenvalue weighted by Crippen LogP contribution is -2.02. The van der Waals surface area contributed by atoms with Crippen LogP contribution in [-0.4, -0.2) is 26.5 Å². The highest BCUT2D eigenvalue weighted by Gasteiger charge is 2.07. The molecule has 1 heterocycles. The fourth-order valence-corrected chi connectivity index (χ4v) is 3.53. The van der Waals surface area contributed by atoms with Crippen molar-refractivity contribution in [3.05, 3.63) is 107 Å². The third-order valence-corrected chi connectivity index (χ3v) is 5.41. The highest BCUT2D eigenvalue weighted by atomic mass is 35.5. The van der Waals surface area contributed by atoms with Crippen molar-refractivity contribution in [3.8, 4) is 5.75 Å². The molecule has 0 aliphatic rings. The number of halogens is 1. The van der Waals surface area contributed by atoms with Gasteiger partial charge in [0.25, 0.3) is 5.95 Å². The molecule has 1 aromatic heterocycles. The van der Waals surface area contributed by atoms with Crippen LogP contribution in [0.3, 0.4) is 0 Å². The van der Waals surface area contributed by atoms with E-state index in [1.165, 1.54) is 4.79 Å². The van der Waals surface area contributed by atoms with E-state index in [1.54, 1.807) is 6.21 Å². The molecule has 0 fully saturated rings. The zero-order chi connectivity index (χ0) is 22.5. The third kappa shape index (κ3) is 4.83.